The maximum Gasteiger partial charge on any atom is 0.572 e. The lowest BCUT2D eigenvalue weighted by molar-refractivity contribution is -0.312. The number of ketones is 2. The number of pyridine rings is 1. The van der Waals surface area contributed by atoms with Crippen molar-refractivity contribution in [2.45, 2.75) is 77.9 Å². The predicted octanol–water partition coefficient (Wildman–Crippen LogP) is 6.53. The molecule has 47 heavy (non-hydrogen) atoms. The van der Waals surface area contributed by atoms with Crippen LogP contribution in [0.25, 0.3) is 11.0 Å². The quantitative estimate of drug-likeness (QED) is 0.216. The van der Waals surface area contributed by atoms with Crippen LogP contribution in [0, 0.1) is 5.41 Å². The van der Waals surface area contributed by atoms with Gasteiger partial charge >= 0.3 is 6.36 Å². The van der Waals surface area contributed by atoms with Gasteiger partial charge in [-0.15, -0.1) is 13.2 Å². The van der Waals surface area contributed by atoms with Crippen molar-refractivity contribution in [2.24, 2.45) is 5.41 Å². The highest BCUT2D eigenvalue weighted by Gasteiger charge is 2.42. The van der Waals surface area contributed by atoms with Gasteiger partial charge in [-0.3, -0.25) is 14.5 Å². The summed E-state index contributed by atoms with van der Waals surface area (Å²) in [6.45, 7) is 8.21. The summed E-state index contributed by atoms with van der Waals surface area (Å²) >= 11 is 0. The Morgan fingerprint density at radius 3 is 2.49 bits per heavy atom. The fourth-order valence-electron chi connectivity index (χ4n) is 6.37. The number of hydrogen-bond donors (Lipinski definition) is 0. The SMILES string of the molecule is CC(=O)C1=CCC(C)(COc2cccc(C3CCN(Cc4nc5ccc(C(C)=O)cc5n4CC4CCO4)CC3)n2)C(OC(F)(F)F)=C1. The van der Waals surface area contributed by atoms with Gasteiger partial charge in [-0.1, -0.05) is 12.1 Å². The van der Waals surface area contributed by atoms with Crippen LogP contribution in [0.15, 0.2) is 59.9 Å². The molecule has 3 aromatic rings. The molecule has 4 heterocycles. The van der Waals surface area contributed by atoms with E-state index in [9.17, 15) is 22.8 Å². The second-order valence-corrected chi connectivity index (χ2v) is 13.0. The Bertz CT molecular complexity index is 1720. The molecule has 2 saturated heterocycles. The average molecular weight is 653 g/mol. The molecular weight excluding hydrogens is 613 g/mol. The molecule has 0 amide bonds. The highest BCUT2D eigenvalue weighted by Crippen LogP contribution is 2.41. The topological polar surface area (TPSA) is 95.8 Å². The maximum atomic E-state index is 13.2. The Labute approximate surface area is 271 Å². The number of allylic oxidation sites excluding steroid dienone is 3. The molecule has 0 saturated carbocycles. The fourth-order valence-corrected chi connectivity index (χ4v) is 6.37. The van der Waals surface area contributed by atoms with Gasteiger partial charge < -0.3 is 18.8 Å². The number of hydrogen-bond acceptors (Lipinski definition) is 8. The van der Waals surface area contributed by atoms with E-state index >= 15 is 0 Å². The van der Waals surface area contributed by atoms with Gasteiger partial charge in [0.05, 0.1) is 35.6 Å². The number of ether oxygens (including phenoxy) is 3. The number of aromatic nitrogens is 3. The van der Waals surface area contributed by atoms with E-state index in [4.69, 9.17) is 19.4 Å². The molecule has 2 aromatic heterocycles. The average Bonchev–Trinajstić information content (AvgIpc) is 3.34. The lowest BCUT2D eigenvalue weighted by Crippen LogP contribution is -2.35. The van der Waals surface area contributed by atoms with Crippen LogP contribution in [0.3, 0.4) is 0 Å². The number of carbonyl (C=O) groups excluding carboxylic acids is 2. The summed E-state index contributed by atoms with van der Waals surface area (Å²) in [7, 11) is 0. The van der Waals surface area contributed by atoms with Gasteiger partial charge in [0.2, 0.25) is 5.88 Å². The standard InChI is InChI=1S/C35H39F3N4O5/c1-22(43)25-7-8-29-30(17-25)42(19-27-12-16-45-27)32(39-29)20-41-14-10-24(11-15-41)28-5-4-6-33(40-28)46-21-34(3)13-9-26(23(2)44)18-31(34)47-35(36,37)38/h4-9,17-18,24,27H,10-16,19-21H2,1-3H3. The normalized spacial score (nSPS) is 22.4. The van der Waals surface area contributed by atoms with E-state index in [1.807, 2.05) is 30.3 Å². The first-order valence-corrected chi connectivity index (χ1v) is 16.0. The lowest BCUT2D eigenvalue weighted by Gasteiger charge is -2.34. The summed E-state index contributed by atoms with van der Waals surface area (Å²) in [6.07, 6.45) is 0.930. The zero-order valence-corrected chi connectivity index (χ0v) is 26.8. The Morgan fingerprint density at radius 1 is 1.06 bits per heavy atom. The number of likely N-dealkylation sites (tertiary alicyclic amines) is 1. The summed E-state index contributed by atoms with van der Waals surface area (Å²) in [5.41, 5.74) is 2.40. The molecule has 9 nitrogen and oxygen atoms in total. The zero-order valence-electron chi connectivity index (χ0n) is 26.8. The first kappa shape index (κ1) is 32.9. The second kappa shape index (κ2) is 13.2. The van der Waals surface area contributed by atoms with E-state index < -0.39 is 11.8 Å². The van der Waals surface area contributed by atoms with Crippen LogP contribution in [-0.4, -0.2) is 69.8 Å². The third-order valence-electron chi connectivity index (χ3n) is 9.35. The summed E-state index contributed by atoms with van der Waals surface area (Å²) in [6, 6.07) is 11.2. The van der Waals surface area contributed by atoms with Crippen molar-refractivity contribution in [1.29, 1.82) is 0 Å². The number of fused-ring (bicyclic) bond motifs is 1. The predicted molar refractivity (Wildman–Crippen MR) is 168 cm³/mol. The number of alkyl halides is 3. The molecule has 1 aliphatic carbocycles. The van der Waals surface area contributed by atoms with Gasteiger partial charge in [-0.2, -0.15) is 0 Å². The van der Waals surface area contributed by atoms with Crippen LogP contribution in [0.1, 0.15) is 74.2 Å². The largest absolute Gasteiger partial charge is 0.572 e. The van der Waals surface area contributed by atoms with E-state index in [1.165, 1.54) is 6.92 Å². The van der Waals surface area contributed by atoms with Crippen molar-refractivity contribution in [3.63, 3.8) is 0 Å². The Kier molecular flexibility index (Phi) is 9.26. The molecule has 6 rings (SSSR count). The van der Waals surface area contributed by atoms with Crippen LogP contribution in [0.4, 0.5) is 13.2 Å². The summed E-state index contributed by atoms with van der Waals surface area (Å²) in [5, 5.41) is 0. The molecular formula is C35H39F3N4O5. The van der Waals surface area contributed by atoms with Crippen LogP contribution in [0.5, 0.6) is 5.88 Å². The van der Waals surface area contributed by atoms with Crippen molar-refractivity contribution in [3.8, 4) is 5.88 Å². The molecule has 2 aliphatic heterocycles. The number of halogens is 3. The highest BCUT2D eigenvalue weighted by atomic mass is 19.4. The number of rotatable bonds is 11. The fraction of sp³-hybridized carbons (Fsp3) is 0.486. The van der Waals surface area contributed by atoms with Crippen LogP contribution in [0.2, 0.25) is 0 Å². The smallest absolute Gasteiger partial charge is 0.477 e. The van der Waals surface area contributed by atoms with E-state index in [-0.39, 0.29) is 47.9 Å². The second-order valence-electron chi connectivity index (χ2n) is 13.0. The van der Waals surface area contributed by atoms with Crippen molar-refractivity contribution < 1.29 is 37.0 Å². The van der Waals surface area contributed by atoms with Crippen molar-refractivity contribution >= 4 is 22.6 Å². The minimum Gasteiger partial charge on any atom is -0.477 e. The van der Waals surface area contributed by atoms with Crippen molar-refractivity contribution in [3.05, 3.63) is 77.0 Å². The number of piperidine rings is 1. The lowest BCUT2D eigenvalue weighted by atomic mass is 9.80. The molecule has 2 fully saturated rings. The van der Waals surface area contributed by atoms with Crippen LogP contribution < -0.4 is 4.74 Å². The van der Waals surface area contributed by atoms with Gasteiger partial charge in [0.25, 0.3) is 0 Å². The molecule has 1 aromatic carbocycles. The summed E-state index contributed by atoms with van der Waals surface area (Å²) < 4.78 is 57.9. The molecule has 12 heteroatoms. The molecule has 2 atom stereocenters. The Balaban J connectivity index is 1.10. The van der Waals surface area contributed by atoms with Gasteiger partial charge in [-0.25, -0.2) is 9.97 Å². The molecule has 0 N–H and O–H groups in total. The van der Waals surface area contributed by atoms with E-state index in [2.05, 4.69) is 14.2 Å². The monoisotopic (exact) mass is 652 g/mol. The number of imidazole rings is 1. The molecule has 2 unspecified atom stereocenters. The number of nitrogens with zero attached hydrogens (tertiary/aromatic N) is 4. The first-order chi connectivity index (χ1) is 22.4. The minimum absolute atomic E-state index is 0.0203. The van der Waals surface area contributed by atoms with Crippen LogP contribution in [-0.2, 0) is 27.4 Å². The molecule has 3 aliphatic rings. The number of benzene rings is 1. The maximum absolute atomic E-state index is 13.2. The van der Waals surface area contributed by atoms with Crippen molar-refractivity contribution in [1.82, 2.24) is 19.4 Å². The number of carbonyl (C=O) groups is 2. The van der Waals surface area contributed by atoms with Crippen molar-refractivity contribution in [2.75, 3.05) is 26.3 Å². The first-order valence-electron chi connectivity index (χ1n) is 16.0. The van der Waals surface area contributed by atoms with E-state index in [0.29, 0.717) is 24.5 Å². The third kappa shape index (κ3) is 7.59. The Morgan fingerprint density at radius 2 is 1.83 bits per heavy atom. The minimum atomic E-state index is -4.89. The molecule has 0 bridgehead atoms. The molecule has 250 valence electrons. The van der Waals surface area contributed by atoms with Gasteiger partial charge in [0.1, 0.15) is 18.2 Å². The van der Waals surface area contributed by atoms with Gasteiger partial charge in [-0.05, 0) is 89.9 Å². The van der Waals surface area contributed by atoms with E-state index in [1.54, 1.807) is 26.0 Å². The zero-order chi connectivity index (χ0) is 33.3. The van der Waals surface area contributed by atoms with E-state index in [0.717, 1.165) is 67.6 Å². The van der Waals surface area contributed by atoms with Gasteiger partial charge in [0.15, 0.2) is 11.6 Å². The van der Waals surface area contributed by atoms with Crippen LogP contribution >= 0.6 is 0 Å². The molecule has 0 spiro atoms. The van der Waals surface area contributed by atoms with Gasteiger partial charge in [0, 0.05) is 35.4 Å². The number of Topliss-reactive ketones (excluding diaryl/α,β-unsaturated/α-hetero) is 2. The summed E-state index contributed by atoms with van der Waals surface area (Å²) in [5.74, 6) is 0.816. The highest BCUT2D eigenvalue weighted by molar-refractivity contribution is 5.97. The Hall–Kier alpha value is -4.03. The third-order valence-corrected chi connectivity index (χ3v) is 9.35. The molecule has 0 radical (unpaired) electrons. The summed E-state index contributed by atoms with van der Waals surface area (Å²) in [4.78, 5) is 35.9.